The van der Waals surface area contributed by atoms with Gasteiger partial charge in [0.25, 0.3) is 5.91 Å². The molecule has 1 heterocycles. The molecule has 8 heteroatoms. The third-order valence-electron chi connectivity index (χ3n) is 5.34. The first-order valence-corrected chi connectivity index (χ1v) is 9.69. The van der Waals surface area contributed by atoms with E-state index in [1.54, 1.807) is 0 Å². The Balaban J connectivity index is 1.66. The fraction of sp³-hybridized carbons (Fsp3) is 0.632. The molecule has 3 rings (SSSR count). The van der Waals surface area contributed by atoms with Crippen molar-refractivity contribution in [2.24, 2.45) is 5.73 Å². The summed E-state index contributed by atoms with van der Waals surface area (Å²) in [6, 6.07) is 0.333. The van der Waals surface area contributed by atoms with Crippen LogP contribution in [0.15, 0.2) is 19.0 Å². The van der Waals surface area contributed by atoms with Crippen molar-refractivity contribution in [3.8, 4) is 0 Å². The van der Waals surface area contributed by atoms with Gasteiger partial charge in [0.05, 0.1) is 24.0 Å². The molecule has 2 saturated carbocycles. The monoisotopic (exact) mass is 375 g/mol. The number of aliphatic hydroxyl groups is 1. The molecule has 0 aromatic carbocycles. The molecule has 2 atom stereocenters. The summed E-state index contributed by atoms with van der Waals surface area (Å²) in [6.07, 6.45) is 10.0. The molecule has 1 aromatic heterocycles. The molecule has 1 amide bonds. The van der Waals surface area contributed by atoms with Crippen LogP contribution < -0.4 is 16.4 Å². The van der Waals surface area contributed by atoms with Crippen LogP contribution in [-0.2, 0) is 4.74 Å². The van der Waals surface area contributed by atoms with E-state index in [2.05, 4.69) is 27.2 Å². The Morgan fingerprint density at radius 2 is 2.00 bits per heavy atom. The summed E-state index contributed by atoms with van der Waals surface area (Å²) in [5.74, 6) is 0.345. The Morgan fingerprint density at radius 1 is 1.22 bits per heavy atom. The average Bonchev–Trinajstić information content (AvgIpc) is 2.63. The van der Waals surface area contributed by atoms with Crippen molar-refractivity contribution < 1.29 is 14.6 Å². The van der Waals surface area contributed by atoms with Crippen molar-refractivity contribution in [3.05, 3.63) is 24.6 Å². The third kappa shape index (κ3) is 5.32. The molecule has 2 aliphatic rings. The van der Waals surface area contributed by atoms with E-state index < -0.39 is 5.91 Å². The van der Waals surface area contributed by atoms with Gasteiger partial charge >= 0.3 is 0 Å². The number of nitrogens with zero attached hydrogens (tertiary/aromatic N) is 2. The van der Waals surface area contributed by atoms with Crippen LogP contribution in [0.3, 0.4) is 0 Å². The first kappa shape index (κ1) is 19.4. The number of rotatable bonds is 7. The third-order valence-corrected chi connectivity index (χ3v) is 5.34. The highest BCUT2D eigenvalue weighted by Crippen LogP contribution is 2.26. The minimum absolute atomic E-state index is 0.0705. The van der Waals surface area contributed by atoms with Crippen molar-refractivity contribution in [2.45, 2.75) is 75.7 Å². The molecule has 2 aliphatic carbocycles. The fourth-order valence-corrected chi connectivity index (χ4v) is 3.89. The average molecular weight is 375 g/mol. The summed E-state index contributed by atoms with van der Waals surface area (Å²) in [6.45, 7) is 3.61. The highest BCUT2D eigenvalue weighted by atomic mass is 16.5. The number of anilines is 2. The van der Waals surface area contributed by atoms with Gasteiger partial charge in [-0.3, -0.25) is 4.79 Å². The van der Waals surface area contributed by atoms with E-state index in [4.69, 9.17) is 10.5 Å². The van der Waals surface area contributed by atoms with E-state index in [1.165, 1.54) is 12.5 Å². The van der Waals surface area contributed by atoms with Gasteiger partial charge in [-0.15, -0.1) is 0 Å². The number of carbonyl (C=O) groups excluding carboxylic acids is 1. The van der Waals surface area contributed by atoms with Crippen molar-refractivity contribution >= 4 is 17.7 Å². The summed E-state index contributed by atoms with van der Waals surface area (Å²) in [7, 11) is 0. The maximum absolute atomic E-state index is 11.7. The summed E-state index contributed by atoms with van der Waals surface area (Å²) in [5, 5.41) is 16.5. The van der Waals surface area contributed by atoms with E-state index in [1.807, 2.05) is 0 Å². The van der Waals surface area contributed by atoms with Crippen LogP contribution >= 0.6 is 0 Å². The number of hydrogen-bond acceptors (Lipinski definition) is 7. The number of carbonyl (C=O) groups is 1. The number of primary amides is 1. The minimum atomic E-state index is -0.567. The quantitative estimate of drug-likeness (QED) is 0.539. The fourth-order valence-electron chi connectivity index (χ4n) is 3.89. The number of ether oxygens (including phenoxy) is 1. The molecule has 2 fully saturated rings. The SMILES string of the molecule is C=COC1CCC(Nc2ncc(C(N)=O)c(N[C@@H]3CCC[C@H](O)C3)n2)CC1. The smallest absolute Gasteiger partial charge is 0.254 e. The molecule has 0 radical (unpaired) electrons. The van der Waals surface area contributed by atoms with Crippen LogP contribution in [-0.4, -0.2) is 45.3 Å². The summed E-state index contributed by atoms with van der Waals surface area (Å²) < 4.78 is 5.46. The lowest BCUT2D eigenvalue weighted by Crippen LogP contribution is -2.32. The molecule has 5 N–H and O–H groups in total. The predicted octanol–water partition coefficient (Wildman–Crippen LogP) is 2.17. The highest BCUT2D eigenvalue weighted by Gasteiger charge is 2.24. The number of aliphatic hydroxyl groups excluding tert-OH is 1. The van der Waals surface area contributed by atoms with E-state index >= 15 is 0 Å². The standard InChI is InChI=1S/C19H29N5O3/c1-2-27-15-8-6-12(7-9-15)23-19-21-11-16(17(20)26)18(24-19)22-13-4-3-5-14(25)10-13/h2,11-15,25H,1,3-10H2,(H2,20,26)(H2,21,22,23,24)/t12?,13-,14+,15?/m1/s1. The van der Waals surface area contributed by atoms with Gasteiger partial charge in [-0.1, -0.05) is 6.58 Å². The van der Waals surface area contributed by atoms with Gasteiger partial charge in [0.1, 0.15) is 5.82 Å². The molecule has 0 spiro atoms. The Hall–Kier alpha value is -2.35. The molecule has 0 saturated heterocycles. The molecular weight excluding hydrogens is 346 g/mol. The van der Waals surface area contributed by atoms with Crippen LogP contribution in [0.4, 0.5) is 11.8 Å². The number of amides is 1. The van der Waals surface area contributed by atoms with Gasteiger partial charge in [0.15, 0.2) is 0 Å². The van der Waals surface area contributed by atoms with Gasteiger partial charge in [0, 0.05) is 18.3 Å². The van der Waals surface area contributed by atoms with Crippen molar-refractivity contribution in [2.75, 3.05) is 10.6 Å². The summed E-state index contributed by atoms with van der Waals surface area (Å²) >= 11 is 0. The van der Waals surface area contributed by atoms with Gasteiger partial charge in [-0.05, 0) is 51.4 Å². The molecule has 0 unspecified atom stereocenters. The topological polar surface area (TPSA) is 122 Å². The first-order chi connectivity index (χ1) is 13.0. The second kappa shape index (κ2) is 9.03. The maximum atomic E-state index is 11.7. The second-order valence-corrected chi connectivity index (χ2v) is 7.40. The molecule has 1 aromatic rings. The van der Waals surface area contributed by atoms with Crippen LogP contribution in [0.25, 0.3) is 0 Å². The Morgan fingerprint density at radius 3 is 2.67 bits per heavy atom. The summed E-state index contributed by atoms with van der Waals surface area (Å²) in [5.41, 5.74) is 5.74. The molecule has 27 heavy (non-hydrogen) atoms. The van der Waals surface area contributed by atoms with Gasteiger partial charge in [-0.2, -0.15) is 4.98 Å². The van der Waals surface area contributed by atoms with E-state index in [0.29, 0.717) is 18.2 Å². The number of nitrogens with one attached hydrogen (secondary N) is 2. The summed E-state index contributed by atoms with van der Waals surface area (Å²) in [4.78, 5) is 20.5. The lowest BCUT2D eigenvalue weighted by Gasteiger charge is -2.29. The Labute approximate surface area is 159 Å². The lowest BCUT2D eigenvalue weighted by atomic mass is 9.93. The number of aromatic nitrogens is 2. The molecule has 148 valence electrons. The largest absolute Gasteiger partial charge is 0.499 e. The highest BCUT2D eigenvalue weighted by molar-refractivity contribution is 5.97. The second-order valence-electron chi connectivity index (χ2n) is 7.40. The molecule has 0 aliphatic heterocycles. The van der Waals surface area contributed by atoms with Crippen molar-refractivity contribution in [3.63, 3.8) is 0 Å². The van der Waals surface area contributed by atoms with Gasteiger partial charge in [0.2, 0.25) is 5.95 Å². The van der Waals surface area contributed by atoms with E-state index in [-0.39, 0.29) is 29.9 Å². The predicted molar refractivity (Wildman–Crippen MR) is 103 cm³/mol. The maximum Gasteiger partial charge on any atom is 0.254 e. The van der Waals surface area contributed by atoms with E-state index in [0.717, 1.165) is 44.9 Å². The van der Waals surface area contributed by atoms with Crippen LogP contribution in [0.5, 0.6) is 0 Å². The Bertz CT molecular complexity index is 661. The first-order valence-electron chi connectivity index (χ1n) is 9.69. The van der Waals surface area contributed by atoms with Crippen LogP contribution in [0.1, 0.15) is 61.7 Å². The van der Waals surface area contributed by atoms with Gasteiger partial charge < -0.3 is 26.2 Å². The van der Waals surface area contributed by atoms with Gasteiger partial charge in [-0.25, -0.2) is 4.98 Å². The number of nitrogens with two attached hydrogens (primary N) is 1. The normalized spacial score (nSPS) is 28.2. The zero-order valence-corrected chi connectivity index (χ0v) is 15.6. The Kier molecular flexibility index (Phi) is 6.49. The van der Waals surface area contributed by atoms with Crippen LogP contribution in [0, 0.1) is 0 Å². The number of hydrogen-bond donors (Lipinski definition) is 4. The zero-order chi connectivity index (χ0) is 19.2. The van der Waals surface area contributed by atoms with Crippen molar-refractivity contribution in [1.29, 1.82) is 0 Å². The molecular formula is C19H29N5O3. The molecule has 0 bridgehead atoms. The molecule has 8 nitrogen and oxygen atoms in total. The zero-order valence-electron chi connectivity index (χ0n) is 15.6. The van der Waals surface area contributed by atoms with Crippen molar-refractivity contribution in [1.82, 2.24) is 9.97 Å². The lowest BCUT2D eigenvalue weighted by molar-refractivity contribution is 0.0999. The minimum Gasteiger partial charge on any atom is -0.499 e. The van der Waals surface area contributed by atoms with Crippen LogP contribution in [0.2, 0.25) is 0 Å². The van der Waals surface area contributed by atoms with E-state index in [9.17, 15) is 9.90 Å².